The van der Waals surface area contributed by atoms with Gasteiger partial charge >= 0.3 is 0 Å². The maximum atomic E-state index is 6.07. The first kappa shape index (κ1) is 11.0. The van der Waals surface area contributed by atoms with Gasteiger partial charge in [-0.25, -0.2) is 0 Å². The van der Waals surface area contributed by atoms with Crippen LogP contribution in [0.5, 0.6) is 0 Å². The number of nitrogens with zero attached hydrogens (tertiary/aromatic N) is 1. The Hall–Kier alpha value is -0.0800. The highest BCUT2D eigenvalue weighted by atomic mass is 15.2. The van der Waals surface area contributed by atoms with Crippen LogP contribution >= 0.6 is 0 Å². The fraction of sp³-hybridized carbons (Fsp3) is 1.00. The van der Waals surface area contributed by atoms with Crippen LogP contribution in [0.4, 0.5) is 0 Å². The molecule has 1 saturated heterocycles. The number of piperidine rings is 1. The molecule has 0 radical (unpaired) electrons. The number of nitrogens with two attached hydrogens (primary N) is 1. The molecule has 0 aromatic carbocycles. The second-order valence-corrected chi connectivity index (χ2v) is 4.40. The Morgan fingerprint density at radius 3 is 2.69 bits per heavy atom. The van der Waals surface area contributed by atoms with Gasteiger partial charge in [-0.3, -0.25) is 4.90 Å². The number of hydrogen-bond donors (Lipinski definition) is 1. The zero-order valence-corrected chi connectivity index (χ0v) is 9.29. The van der Waals surface area contributed by atoms with Gasteiger partial charge in [0.05, 0.1) is 0 Å². The molecular weight excluding hydrogens is 160 g/mol. The third-order valence-corrected chi connectivity index (χ3v) is 3.47. The van der Waals surface area contributed by atoms with Crippen molar-refractivity contribution in [1.82, 2.24) is 4.90 Å². The van der Waals surface area contributed by atoms with Crippen LogP contribution in [0.1, 0.15) is 46.5 Å². The Morgan fingerprint density at radius 1 is 1.46 bits per heavy atom. The lowest BCUT2D eigenvalue weighted by molar-refractivity contribution is 0.0983. The summed E-state index contributed by atoms with van der Waals surface area (Å²) >= 11 is 0. The first-order chi connectivity index (χ1) is 6.16. The first-order valence-corrected chi connectivity index (χ1v) is 5.68. The quantitative estimate of drug-likeness (QED) is 0.727. The summed E-state index contributed by atoms with van der Waals surface area (Å²) in [6.45, 7) is 8.03. The smallest absolute Gasteiger partial charge is 0.0221 e. The van der Waals surface area contributed by atoms with Crippen molar-refractivity contribution in [2.45, 2.75) is 64.6 Å². The minimum atomic E-state index is 0.348. The van der Waals surface area contributed by atoms with Crippen molar-refractivity contribution in [2.75, 3.05) is 6.54 Å². The molecule has 1 aliphatic heterocycles. The lowest BCUT2D eigenvalue weighted by Crippen LogP contribution is -2.51. The molecule has 0 spiro atoms. The second kappa shape index (κ2) is 4.97. The van der Waals surface area contributed by atoms with E-state index in [1.54, 1.807) is 0 Å². The topological polar surface area (TPSA) is 29.3 Å². The maximum absolute atomic E-state index is 6.07. The van der Waals surface area contributed by atoms with E-state index >= 15 is 0 Å². The van der Waals surface area contributed by atoms with E-state index in [4.69, 9.17) is 5.73 Å². The van der Waals surface area contributed by atoms with Crippen LogP contribution in [0.2, 0.25) is 0 Å². The van der Waals surface area contributed by atoms with Gasteiger partial charge in [-0.15, -0.1) is 0 Å². The van der Waals surface area contributed by atoms with Crippen molar-refractivity contribution in [3.05, 3.63) is 0 Å². The highest BCUT2D eigenvalue weighted by molar-refractivity contribution is 4.83. The second-order valence-electron chi connectivity index (χ2n) is 4.40. The van der Waals surface area contributed by atoms with Gasteiger partial charge in [0.25, 0.3) is 0 Å². The van der Waals surface area contributed by atoms with Crippen LogP contribution in [0, 0.1) is 0 Å². The monoisotopic (exact) mass is 184 g/mol. The van der Waals surface area contributed by atoms with E-state index in [0.717, 1.165) is 12.5 Å². The predicted molar refractivity (Wildman–Crippen MR) is 57.7 cm³/mol. The van der Waals surface area contributed by atoms with Crippen LogP contribution in [-0.4, -0.2) is 29.6 Å². The molecule has 2 N–H and O–H groups in total. The molecule has 1 fully saturated rings. The van der Waals surface area contributed by atoms with Crippen molar-refractivity contribution in [3.8, 4) is 0 Å². The highest BCUT2D eigenvalue weighted by Crippen LogP contribution is 2.20. The molecule has 1 rings (SSSR count). The molecule has 0 bridgehead atoms. The summed E-state index contributed by atoms with van der Waals surface area (Å²) in [5.41, 5.74) is 6.07. The Kier molecular flexibility index (Phi) is 4.20. The summed E-state index contributed by atoms with van der Waals surface area (Å²) < 4.78 is 0. The minimum absolute atomic E-state index is 0.348. The molecule has 13 heavy (non-hydrogen) atoms. The molecule has 78 valence electrons. The molecule has 0 aromatic rings. The Balaban J connectivity index is 2.47. The first-order valence-electron chi connectivity index (χ1n) is 5.68. The summed E-state index contributed by atoms with van der Waals surface area (Å²) in [5, 5.41) is 0. The predicted octanol–water partition coefficient (Wildman–Crippen LogP) is 1.99. The van der Waals surface area contributed by atoms with Gasteiger partial charge in [-0.05, 0) is 39.7 Å². The normalized spacial score (nSPS) is 30.0. The fourth-order valence-electron chi connectivity index (χ4n) is 2.31. The Bertz CT molecular complexity index is 147. The number of rotatable bonds is 3. The Morgan fingerprint density at radius 2 is 2.15 bits per heavy atom. The SMILES string of the molecule is CCC(N)C(C)N1CCCCC1C. The van der Waals surface area contributed by atoms with Gasteiger partial charge in [0.15, 0.2) is 0 Å². The van der Waals surface area contributed by atoms with Gasteiger partial charge in [0.1, 0.15) is 0 Å². The van der Waals surface area contributed by atoms with Crippen LogP contribution in [0.15, 0.2) is 0 Å². The van der Waals surface area contributed by atoms with Crippen molar-refractivity contribution in [3.63, 3.8) is 0 Å². The largest absolute Gasteiger partial charge is 0.326 e. The lowest BCUT2D eigenvalue weighted by atomic mass is 9.98. The van der Waals surface area contributed by atoms with Crippen molar-refractivity contribution < 1.29 is 0 Å². The van der Waals surface area contributed by atoms with Crippen molar-refractivity contribution in [1.29, 1.82) is 0 Å². The summed E-state index contributed by atoms with van der Waals surface area (Å²) in [6.07, 6.45) is 5.18. The van der Waals surface area contributed by atoms with E-state index in [-0.39, 0.29) is 0 Å². The van der Waals surface area contributed by atoms with E-state index in [1.165, 1.54) is 25.8 Å². The highest BCUT2D eigenvalue weighted by Gasteiger charge is 2.25. The molecule has 3 atom stereocenters. The van der Waals surface area contributed by atoms with Crippen molar-refractivity contribution in [2.24, 2.45) is 5.73 Å². The molecule has 3 unspecified atom stereocenters. The molecular formula is C11H24N2. The third-order valence-electron chi connectivity index (χ3n) is 3.47. The van der Waals surface area contributed by atoms with Gasteiger partial charge < -0.3 is 5.73 Å². The summed E-state index contributed by atoms with van der Waals surface area (Å²) in [6, 6.07) is 1.64. The molecule has 1 heterocycles. The number of hydrogen-bond acceptors (Lipinski definition) is 2. The summed E-state index contributed by atoms with van der Waals surface area (Å²) in [7, 11) is 0. The third kappa shape index (κ3) is 2.68. The zero-order valence-electron chi connectivity index (χ0n) is 9.29. The summed E-state index contributed by atoms with van der Waals surface area (Å²) in [4.78, 5) is 2.58. The van der Waals surface area contributed by atoms with E-state index in [1.807, 2.05) is 0 Å². The molecule has 0 aromatic heterocycles. The van der Waals surface area contributed by atoms with E-state index in [2.05, 4.69) is 25.7 Å². The van der Waals surface area contributed by atoms with Crippen LogP contribution < -0.4 is 5.73 Å². The molecule has 0 aliphatic carbocycles. The molecule has 0 saturated carbocycles. The average Bonchev–Trinajstić information content (AvgIpc) is 2.16. The van der Waals surface area contributed by atoms with Gasteiger partial charge in [0.2, 0.25) is 0 Å². The maximum Gasteiger partial charge on any atom is 0.0221 e. The van der Waals surface area contributed by atoms with E-state index in [0.29, 0.717) is 12.1 Å². The molecule has 1 aliphatic rings. The minimum Gasteiger partial charge on any atom is -0.326 e. The zero-order chi connectivity index (χ0) is 9.84. The lowest BCUT2D eigenvalue weighted by Gasteiger charge is -2.40. The average molecular weight is 184 g/mol. The standard InChI is InChI=1S/C11H24N2/c1-4-11(12)10(3)13-8-6-5-7-9(13)2/h9-11H,4-8,12H2,1-3H3. The van der Waals surface area contributed by atoms with Gasteiger partial charge in [-0.2, -0.15) is 0 Å². The van der Waals surface area contributed by atoms with Crippen molar-refractivity contribution >= 4 is 0 Å². The molecule has 2 heteroatoms. The molecule has 2 nitrogen and oxygen atoms in total. The Labute approximate surface area is 82.5 Å². The van der Waals surface area contributed by atoms with E-state index < -0.39 is 0 Å². The summed E-state index contributed by atoms with van der Waals surface area (Å²) in [5.74, 6) is 0. The van der Waals surface area contributed by atoms with E-state index in [9.17, 15) is 0 Å². The van der Waals surface area contributed by atoms with Crippen LogP contribution in [0.3, 0.4) is 0 Å². The fourth-order valence-corrected chi connectivity index (χ4v) is 2.31. The van der Waals surface area contributed by atoms with Crippen LogP contribution in [-0.2, 0) is 0 Å². The van der Waals surface area contributed by atoms with Gasteiger partial charge in [0, 0.05) is 18.1 Å². The number of likely N-dealkylation sites (tertiary alicyclic amines) is 1. The molecule has 0 amide bonds. The van der Waals surface area contributed by atoms with Crippen LogP contribution in [0.25, 0.3) is 0 Å². The van der Waals surface area contributed by atoms with Gasteiger partial charge in [-0.1, -0.05) is 13.3 Å².